The first-order valence-corrected chi connectivity index (χ1v) is 12.7. The first-order chi connectivity index (χ1) is 12.6. The number of hydrogen-bond donors (Lipinski definition) is 0. The molecule has 4 rings (SSSR count). The molecule has 4 saturated carbocycles. The van der Waals surface area contributed by atoms with Crippen LogP contribution in [0.1, 0.15) is 72.6 Å². The van der Waals surface area contributed by atoms with Gasteiger partial charge in [0.1, 0.15) is 0 Å². The molecule has 1 spiro atoms. The fraction of sp³-hybridized carbons (Fsp3) is 1.00. The van der Waals surface area contributed by atoms with Gasteiger partial charge < -0.3 is 0 Å². The molecule has 4 fully saturated rings. The lowest BCUT2D eigenvalue weighted by Gasteiger charge is -2.51. The van der Waals surface area contributed by atoms with Crippen LogP contribution in [0.25, 0.3) is 0 Å². The molecule has 4 aliphatic rings. The Kier molecular flexibility index (Phi) is 5.02. The molecule has 0 aromatic carbocycles. The smallest absolute Gasteiger partial charge is 0.0884 e. The van der Waals surface area contributed by atoms with Gasteiger partial charge in [-0.3, -0.25) is 12.5 Å². The van der Waals surface area contributed by atoms with E-state index in [0.29, 0.717) is 5.41 Å². The lowest BCUT2D eigenvalue weighted by molar-refractivity contribution is -0.0137. The fourth-order valence-electron chi connectivity index (χ4n) is 8.53. The maximum atomic E-state index is 5.66. The average Bonchev–Trinajstić information content (AvgIpc) is 3.05. The molecule has 4 aliphatic carbocycles. The Balaban J connectivity index is 1.38. The monoisotopic (exact) mass is 398 g/mol. The third-order valence-corrected chi connectivity index (χ3v) is 11.4. The summed E-state index contributed by atoms with van der Waals surface area (Å²) in [6.07, 6.45) is 10.3. The van der Waals surface area contributed by atoms with Crippen molar-refractivity contribution < 1.29 is 12.5 Å². The predicted octanol–water partition coefficient (Wildman–Crippen LogP) is 6.38. The molecule has 0 saturated heterocycles. The van der Waals surface area contributed by atoms with Gasteiger partial charge in [-0.25, -0.2) is 0 Å². The third-order valence-electron chi connectivity index (χ3n) is 8.70. The van der Waals surface area contributed by atoms with E-state index in [-0.39, 0.29) is 5.41 Å². The number of fused-ring (bicyclic) bond motifs is 3. The molecule has 6 unspecified atom stereocenters. The summed E-state index contributed by atoms with van der Waals surface area (Å²) in [5, 5.41) is 0. The molecule has 158 valence electrons. The molecule has 0 amide bonds. The van der Waals surface area contributed by atoms with E-state index in [4.69, 9.17) is 12.5 Å². The van der Waals surface area contributed by atoms with Gasteiger partial charge in [0.05, 0.1) is 38.0 Å². The van der Waals surface area contributed by atoms with Crippen LogP contribution in [0.2, 0.25) is 0 Å². The van der Waals surface area contributed by atoms with Crippen LogP contribution in [0.3, 0.4) is 0 Å². The minimum Gasteiger partial charge on any atom is -0.296 e. The first kappa shape index (κ1) is 20.5. The van der Waals surface area contributed by atoms with Crippen LogP contribution >= 0.6 is 10.9 Å². The lowest BCUT2D eigenvalue weighted by Crippen LogP contribution is -2.43. The largest absolute Gasteiger partial charge is 0.296 e. The molecule has 27 heavy (non-hydrogen) atoms. The summed E-state index contributed by atoms with van der Waals surface area (Å²) in [7, 11) is 3.24. The van der Waals surface area contributed by atoms with E-state index in [2.05, 4.69) is 27.7 Å². The van der Waals surface area contributed by atoms with Crippen molar-refractivity contribution in [2.45, 2.75) is 72.6 Å². The van der Waals surface area contributed by atoms with Crippen molar-refractivity contribution >= 4 is 10.9 Å². The molecular formula is C23H42O3S. The lowest BCUT2D eigenvalue weighted by atomic mass is 9.54. The summed E-state index contributed by atoms with van der Waals surface area (Å²) in [6.45, 7) is 9.70. The van der Waals surface area contributed by atoms with E-state index >= 15 is 0 Å². The highest BCUT2D eigenvalue weighted by Crippen LogP contribution is 2.84. The van der Waals surface area contributed by atoms with Crippen LogP contribution in [0.5, 0.6) is 0 Å². The highest BCUT2D eigenvalue weighted by molar-refractivity contribution is 8.21. The molecule has 0 radical (unpaired) electrons. The van der Waals surface area contributed by atoms with E-state index in [1.807, 2.05) is 0 Å². The van der Waals surface area contributed by atoms with Crippen LogP contribution in [0, 0.1) is 45.8 Å². The van der Waals surface area contributed by atoms with Crippen LogP contribution < -0.4 is 0 Å². The Morgan fingerprint density at radius 3 is 2.15 bits per heavy atom. The predicted molar refractivity (Wildman–Crippen MR) is 113 cm³/mol. The second-order valence-corrected chi connectivity index (χ2v) is 14.1. The van der Waals surface area contributed by atoms with E-state index in [0.717, 1.165) is 40.8 Å². The quantitative estimate of drug-likeness (QED) is 0.451. The minimum absolute atomic E-state index is 0.135. The van der Waals surface area contributed by atoms with Crippen molar-refractivity contribution in [3.8, 4) is 0 Å². The molecule has 0 N–H and O–H groups in total. The van der Waals surface area contributed by atoms with Crippen molar-refractivity contribution in [3.05, 3.63) is 0 Å². The molecule has 6 atom stereocenters. The van der Waals surface area contributed by atoms with E-state index in [1.165, 1.54) is 25.7 Å². The second-order valence-electron chi connectivity index (χ2n) is 11.7. The van der Waals surface area contributed by atoms with E-state index in [1.54, 1.807) is 40.6 Å². The Morgan fingerprint density at radius 2 is 1.52 bits per heavy atom. The van der Waals surface area contributed by atoms with Crippen LogP contribution in [0.15, 0.2) is 0 Å². The normalized spacial score (nSPS) is 40.9. The van der Waals surface area contributed by atoms with Crippen LogP contribution in [-0.2, 0) is 12.5 Å². The topological polar surface area (TPSA) is 27.7 Å². The summed E-state index contributed by atoms with van der Waals surface area (Å²) in [5.41, 5.74) is 1.33. The highest BCUT2D eigenvalue weighted by Gasteiger charge is 2.77. The van der Waals surface area contributed by atoms with Gasteiger partial charge in [0.15, 0.2) is 0 Å². The molecule has 0 aromatic heterocycles. The maximum Gasteiger partial charge on any atom is 0.0884 e. The SMILES string of the molecule is COS(CC(C)(C)CC(C)(C)CC1CC23CC2C2CCCC2C13)(OC)OC. The Morgan fingerprint density at radius 1 is 0.889 bits per heavy atom. The number of rotatable bonds is 9. The fourth-order valence-corrected chi connectivity index (χ4v) is 10.4. The van der Waals surface area contributed by atoms with Gasteiger partial charge in [-0.1, -0.05) is 34.1 Å². The standard InChI is InChI=1S/C23H42O3S/c1-21(2,14-22(3,4)15-27(24-5,25-6)26-7)11-16-12-23-13-19(23)17-9-8-10-18(17)20(16)23/h16-20H,8-15H2,1-7H3. The van der Waals surface area contributed by atoms with Crippen molar-refractivity contribution in [1.29, 1.82) is 0 Å². The molecule has 0 aromatic rings. The van der Waals surface area contributed by atoms with Gasteiger partial charge >= 0.3 is 0 Å². The van der Waals surface area contributed by atoms with Crippen LogP contribution in [0.4, 0.5) is 0 Å². The Labute approximate surface area is 169 Å². The minimum atomic E-state index is -1.89. The molecule has 0 heterocycles. The van der Waals surface area contributed by atoms with Gasteiger partial charge in [0.2, 0.25) is 0 Å². The molecule has 4 heteroatoms. The molecular weight excluding hydrogens is 356 g/mol. The zero-order valence-electron chi connectivity index (χ0n) is 18.7. The second kappa shape index (κ2) is 6.62. The first-order valence-electron chi connectivity index (χ1n) is 11.1. The average molecular weight is 399 g/mol. The van der Waals surface area contributed by atoms with E-state index in [9.17, 15) is 0 Å². The van der Waals surface area contributed by atoms with Gasteiger partial charge in [-0.2, -0.15) is 0 Å². The zero-order valence-corrected chi connectivity index (χ0v) is 19.5. The third kappa shape index (κ3) is 3.31. The van der Waals surface area contributed by atoms with Crippen molar-refractivity contribution in [2.75, 3.05) is 27.1 Å². The highest BCUT2D eigenvalue weighted by atomic mass is 32.3. The molecule has 0 aliphatic heterocycles. The summed E-state index contributed by atoms with van der Waals surface area (Å²) in [5.74, 6) is 6.25. The number of hydrogen-bond acceptors (Lipinski definition) is 3. The Hall–Kier alpha value is 0.230. The van der Waals surface area contributed by atoms with Crippen molar-refractivity contribution in [2.24, 2.45) is 45.8 Å². The van der Waals surface area contributed by atoms with Crippen molar-refractivity contribution in [1.82, 2.24) is 0 Å². The van der Waals surface area contributed by atoms with Crippen molar-refractivity contribution in [3.63, 3.8) is 0 Å². The Bertz CT molecular complexity index is 562. The maximum absolute atomic E-state index is 5.66. The summed E-state index contributed by atoms with van der Waals surface area (Å²) in [6, 6.07) is 0. The van der Waals surface area contributed by atoms with Gasteiger partial charge in [0.25, 0.3) is 0 Å². The summed E-state index contributed by atoms with van der Waals surface area (Å²) < 4.78 is 17.0. The van der Waals surface area contributed by atoms with Gasteiger partial charge in [0, 0.05) is 0 Å². The van der Waals surface area contributed by atoms with Gasteiger partial charge in [-0.15, -0.1) is 0 Å². The summed E-state index contributed by atoms with van der Waals surface area (Å²) >= 11 is 0. The summed E-state index contributed by atoms with van der Waals surface area (Å²) in [4.78, 5) is 0. The molecule has 0 bridgehead atoms. The van der Waals surface area contributed by atoms with E-state index < -0.39 is 10.9 Å². The van der Waals surface area contributed by atoms with Crippen LogP contribution in [-0.4, -0.2) is 27.1 Å². The molecule has 3 nitrogen and oxygen atoms in total. The zero-order chi connectivity index (χ0) is 19.7. The van der Waals surface area contributed by atoms with Gasteiger partial charge in [-0.05, 0) is 84.4 Å².